The largest absolute Gasteiger partial charge is 0.307 e. The molecule has 0 saturated heterocycles. The summed E-state index contributed by atoms with van der Waals surface area (Å²) in [5.74, 6) is 2.66. The van der Waals surface area contributed by atoms with Crippen LogP contribution >= 0.6 is 0 Å². The monoisotopic (exact) mass is 258 g/mol. The summed E-state index contributed by atoms with van der Waals surface area (Å²) in [6.07, 6.45) is 5.95. The van der Waals surface area contributed by atoms with Crippen LogP contribution in [-0.4, -0.2) is 20.6 Å². The molecule has 0 bridgehead atoms. The highest BCUT2D eigenvalue weighted by Crippen LogP contribution is 2.28. The smallest absolute Gasteiger partial charge is 0.160 e. The molecule has 0 spiro atoms. The lowest BCUT2D eigenvalue weighted by atomic mass is 9.80. The first-order chi connectivity index (χ1) is 9.22. The lowest BCUT2D eigenvalue weighted by Crippen LogP contribution is -2.36. The second-order valence-corrected chi connectivity index (χ2v) is 6.04. The number of pyridine rings is 1. The molecule has 2 heterocycles. The minimum atomic E-state index is 0.620. The Bertz CT molecular complexity index is 538. The van der Waals surface area contributed by atoms with Crippen LogP contribution in [-0.2, 0) is 6.54 Å². The van der Waals surface area contributed by atoms with Crippen molar-refractivity contribution in [2.24, 2.45) is 11.8 Å². The second kappa shape index (κ2) is 5.29. The Hall–Kier alpha value is -1.42. The first-order valence-corrected chi connectivity index (χ1v) is 7.24. The summed E-state index contributed by atoms with van der Waals surface area (Å²) >= 11 is 0. The summed E-state index contributed by atoms with van der Waals surface area (Å²) in [6, 6.07) is 6.62. The standard InChI is InChI=1S/C15H22N4/c1-11-7-12(2)9-13(8-11)16-10-15-18-17-14-5-3-4-6-19(14)15/h3-6,11-13,16H,7-10H2,1-2H3. The van der Waals surface area contributed by atoms with E-state index in [4.69, 9.17) is 0 Å². The Kier molecular flexibility index (Phi) is 3.51. The SMILES string of the molecule is CC1CC(C)CC(NCc2nnc3ccccn23)C1. The number of aromatic nitrogens is 3. The molecule has 2 aromatic heterocycles. The average Bonchev–Trinajstić information content (AvgIpc) is 2.78. The van der Waals surface area contributed by atoms with Gasteiger partial charge in [0, 0.05) is 12.2 Å². The maximum atomic E-state index is 4.27. The van der Waals surface area contributed by atoms with E-state index in [-0.39, 0.29) is 0 Å². The van der Waals surface area contributed by atoms with Crippen molar-refractivity contribution >= 4 is 5.65 Å². The normalized spacial score (nSPS) is 27.8. The number of fused-ring (bicyclic) bond motifs is 1. The fourth-order valence-electron chi connectivity index (χ4n) is 3.36. The topological polar surface area (TPSA) is 42.2 Å². The van der Waals surface area contributed by atoms with Crippen LogP contribution < -0.4 is 5.32 Å². The summed E-state index contributed by atoms with van der Waals surface area (Å²) < 4.78 is 2.06. The molecule has 1 fully saturated rings. The van der Waals surface area contributed by atoms with Crippen molar-refractivity contribution in [3.63, 3.8) is 0 Å². The lowest BCUT2D eigenvalue weighted by Gasteiger charge is -2.31. The molecule has 1 aliphatic rings. The van der Waals surface area contributed by atoms with Gasteiger partial charge in [0.05, 0.1) is 6.54 Å². The molecule has 2 aromatic rings. The molecule has 2 atom stereocenters. The molecule has 3 rings (SSSR count). The highest BCUT2D eigenvalue weighted by Gasteiger charge is 2.23. The van der Waals surface area contributed by atoms with Gasteiger partial charge in [-0.3, -0.25) is 4.40 Å². The van der Waals surface area contributed by atoms with E-state index in [0.29, 0.717) is 6.04 Å². The Morgan fingerprint density at radius 1 is 1.16 bits per heavy atom. The van der Waals surface area contributed by atoms with Gasteiger partial charge < -0.3 is 5.32 Å². The summed E-state index contributed by atoms with van der Waals surface area (Å²) in [7, 11) is 0. The van der Waals surface area contributed by atoms with Gasteiger partial charge in [0.15, 0.2) is 11.5 Å². The van der Waals surface area contributed by atoms with Crippen LogP contribution in [0.3, 0.4) is 0 Å². The van der Waals surface area contributed by atoms with Crippen molar-refractivity contribution in [1.82, 2.24) is 19.9 Å². The van der Waals surface area contributed by atoms with E-state index >= 15 is 0 Å². The van der Waals surface area contributed by atoms with E-state index in [1.807, 2.05) is 24.4 Å². The van der Waals surface area contributed by atoms with Crippen molar-refractivity contribution in [2.75, 3.05) is 0 Å². The average molecular weight is 258 g/mol. The predicted octanol–water partition coefficient (Wildman–Crippen LogP) is 2.64. The van der Waals surface area contributed by atoms with Gasteiger partial charge in [0.2, 0.25) is 0 Å². The van der Waals surface area contributed by atoms with Gasteiger partial charge in [-0.25, -0.2) is 0 Å². The molecule has 19 heavy (non-hydrogen) atoms. The molecule has 0 amide bonds. The van der Waals surface area contributed by atoms with Crippen molar-refractivity contribution in [3.8, 4) is 0 Å². The number of nitrogens with one attached hydrogen (secondary N) is 1. The summed E-state index contributed by atoms with van der Waals surface area (Å²) in [5, 5.41) is 12.1. The number of hydrogen-bond donors (Lipinski definition) is 1. The zero-order valence-corrected chi connectivity index (χ0v) is 11.7. The zero-order chi connectivity index (χ0) is 13.2. The maximum Gasteiger partial charge on any atom is 0.160 e. The summed E-state index contributed by atoms with van der Waals surface area (Å²) in [5.41, 5.74) is 0.921. The van der Waals surface area contributed by atoms with Gasteiger partial charge >= 0.3 is 0 Å². The fourth-order valence-corrected chi connectivity index (χ4v) is 3.36. The van der Waals surface area contributed by atoms with Gasteiger partial charge in [-0.15, -0.1) is 10.2 Å². The Morgan fingerprint density at radius 2 is 1.95 bits per heavy atom. The third-order valence-electron chi connectivity index (χ3n) is 4.11. The third kappa shape index (κ3) is 2.78. The minimum absolute atomic E-state index is 0.620. The van der Waals surface area contributed by atoms with Gasteiger partial charge in [-0.1, -0.05) is 19.9 Å². The van der Waals surface area contributed by atoms with Gasteiger partial charge in [-0.05, 0) is 43.2 Å². The molecule has 0 aliphatic heterocycles. The minimum Gasteiger partial charge on any atom is -0.307 e. The quantitative estimate of drug-likeness (QED) is 0.920. The third-order valence-corrected chi connectivity index (χ3v) is 4.11. The Labute approximate surface area is 114 Å². The van der Waals surface area contributed by atoms with E-state index in [1.54, 1.807) is 0 Å². The van der Waals surface area contributed by atoms with Crippen LogP contribution in [0.4, 0.5) is 0 Å². The van der Waals surface area contributed by atoms with Gasteiger partial charge in [0.25, 0.3) is 0 Å². The maximum absolute atomic E-state index is 4.27. The van der Waals surface area contributed by atoms with Crippen LogP contribution in [0.5, 0.6) is 0 Å². The fraction of sp³-hybridized carbons (Fsp3) is 0.600. The van der Waals surface area contributed by atoms with Gasteiger partial charge in [-0.2, -0.15) is 0 Å². The van der Waals surface area contributed by atoms with Crippen LogP contribution in [0.2, 0.25) is 0 Å². The van der Waals surface area contributed by atoms with Gasteiger partial charge in [0.1, 0.15) is 0 Å². The number of hydrogen-bond acceptors (Lipinski definition) is 3. The molecular formula is C15H22N4. The number of rotatable bonds is 3. The highest BCUT2D eigenvalue weighted by atomic mass is 15.3. The molecule has 2 unspecified atom stereocenters. The molecule has 1 aliphatic carbocycles. The molecule has 0 aromatic carbocycles. The molecular weight excluding hydrogens is 236 g/mol. The second-order valence-electron chi connectivity index (χ2n) is 6.04. The Balaban J connectivity index is 1.66. The molecule has 4 heteroatoms. The molecule has 1 N–H and O–H groups in total. The van der Waals surface area contributed by atoms with E-state index in [1.165, 1.54) is 19.3 Å². The Morgan fingerprint density at radius 3 is 2.74 bits per heavy atom. The predicted molar refractivity (Wildman–Crippen MR) is 75.8 cm³/mol. The van der Waals surface area contributed by atoms with Crippen LogP contribution in [0.25, 0.3) is 5.65 Å². The van der Waals surface area contributed by atoms with Crippen LogP contribution in [0, 0.1) is 11.8 Å². The summed E-state index contributed by atoms with van der Waals surface area (Å²) in [4.78, 5) is 0. The first kappa shape index (κ1) is 12.6. The first-order valence-electron chi connectivity index (χ1n) is 7.24. The molecule has 0 radical (unpaired) electrons. The molecule has 1 saturated carbocycles. The van der Waals surface area contributed by atoms with Crippen molar-refractivity contribution in [3.05, 3.63) is 30.2 Å². The molecule has 4 nitrogen and oxygen atoms in total. The van der Waals surface area contributed by atoms with E-state index in [9.17, 15) is 0 Å². The zero-order valence-electron chi connectivity index (χ0n) is 11.7. The van der Waals surface area contributed by atoms with E-state index in [0.717, 1.165) is 29.9 Å². The summed E-state index contributed by atoms with van der Waals surface area (Å²) in [6.45, 7) is 5.52. The van der Waals surface area contributed by atoms with E-state index in [2.05, 4.69) is 33.8 Å². The number of nitrogens with zero attached hydrogens (tertiary/aromatic N) is 3. The van der Waals surface area contributed by atoms with Crippen LogP contribution in [0.15, 0.2) is 24.4 Å². The lowest BCUT2D eigenvalue weighted by molar-refractivity contribution is 0.237. The van der Waals surface area contributed by atoms with E-state index < -0.39 is 0 Å². The highest BCUT2D eigenvalue weighted by molar-refractivity contribution is 5.36. The molecule has 102 valence electrons. The van der Waals surface area contributed by atoms with Crippen LogP contribution in [0.1, 0.15) is 38.9 Å². The van der Waals surface area contributed by atoms with Crippen molar-refractivity contribution in [2.45, 2.75) is 45.7 Å². The van der Waals surface area contributed by atoms with Crippen molar-refractivity contribution < 1.29 is 0 Å². The van der Waals surface area contributed by atoms with Crippen molar-refractivity contribution in [1.29, 1.82) is 0 Å².